The number of carbonyl (C=O) groups is 2. The van der Waals surface area contributed by atoms with Gasteiger partial charge in [0.25, 0.3) is 5.91 Å². The summed E-state index contributed by atoms with van der Waals surface area (Å²) in [6, 6.07) is 6.44. The van der Waals surface area contributed by atoms with Gasteiger partial charge in [-0.1, -0.05) is 6.92 Å². The van der Waals surface area contributed by atoms with Crippen molar-refractivity contribution in [2.75, 3.05) is 0 Å². The third-order valence-electron chi connectivity index (χ3n) is 2.74. The van der Waals surface area contributed by atoms with Crippen LogP contribution >= 0.6 is 0 Å². The molecule has 0 spiro atoms. The largest absolute Gasteiger partial charge is 0.491 e. The van der Waals surface area contributed by atoms with E-state index in [9.17, 15) is 9.59 Å². The van der Waals surface area contributed by atoms with Crippen LogP contribution in [0.15, 0.2) is 24.3 Å². The van der Waals surface area contributed by atoms with E-state index in [0.717, 1.165) is 0 Å². The number of ether oxygens (including phenoxy) is 1. The number of hydrogen-bond donors (Lipinski definition) is 2. The molecule has 20 heavy (non-hydrogen) atoms. The second-order valence-electron chi connectivity index (χ2n) is 4.87. The van der Waals surface area contributed by atoms with E-state index in [2.05, 4.69) is 5.32 Å². The highest BCUT2D eigenvalue weighted by Gasteiger charge is 2.15. The van der Waals surface area contributed by atoms with Crippen molar-refractivity contribution in [3.63, 3.8) is 0 Å². The molecule has 0 saturated heterocycles. The van der Waals surface area contributed by atoms with Gasteiger partial charge in [0.15, 0.2) is 0 Å². The van der Waals surface area contributed by atoms with E-state index in [0.29, 0.717) is 17.7 Å². The van der Waals surface area contributed by atoms with Crippen molar-refractivity contribution >= 4 is 11.9 Å². The first-order valence-electron chi connectivity index (χ1n) is 6.71. The van der Waals surface area contributed by atoms with Gasteiger partial charge in [-0.3, -0.25) is 9.59 Å². The SMILES string of the molecule is CCC(CC(=O)O)NC(=O)c1ccc(OC(C)C)cc1. The lowest BCUT2D eigenvalue weighted by Gasteiger charge is -2.15. The molecule has 0 aliphatic heterocycles. The normalized spacial score (nSPS) is 12.0. The number of carboxylic acid groups (broad SMARTS) is 1. The van der Waals surface area contributed by atoms with E-state index in [1.165, 1.54) is 0 Å². The molecule has 0 heterocycles. The molecule has 1 amide bonds. The van der Waals surface area contributed by atoms with Crippen LogP contribution in [0.1, 0.15) is 44.0 Å². The van der Waals surface area contributed by atoms with Crippen molar-refractivity contribution in [1.29, 1.82) is 0 Å². The Kier molecular flexibility index (Phi) is 6.03. The highest BCUT2D eigenvalue weighted by Crippen LogP contribution is 2.14. The Hall–Kier alpha value is -2.04. The highest BCUT2D eigenvalue weighted by molar-refractivity contribution is 5.94. The molecule has 2 N–H and O–H groups in total. The van der Waals surface area contributed by atoms with Gasteiger partial charge >= 0.3 is 5.97 Å². The van der Waals surface area contributed by atoms with E-state index in [4.69, 9.17) is 9.84 Å². The smallest absolute Gasteiger partial charge is 0.305 e. The maximum Gasteiger partial charge on any atom is 0.305 e. The number of rotatable bonds is 7. The average Bonchev–Trinajstić information content (AvgIpc) is 2.37. The molecule has 110 valence electrons. The van der Waals surface area contributed by atoms with E-state index in [-0.39, 0.29) is 24.5 Å². The van der Waals surface area contributed by atoms with Gasteiger partial charge in [-0.05, 0) is 44.5 Å². The highest BCUT2D eigenvalue weighted by atomic mass is 16.5. The molecule has 0 aliphatic carbocycles. The van der Waals surface area contributed by atoms with Crippen LogP contribution in [0.2, 0.25) is 0 Å². The lowest BCUT2D eigenvalue weighted by atomic mass is 10.1. The molecule has 0 aliphatic rings. The minimum absolute atomic E-state index is 0.0726. The Morgan fingerprint density at radius 3 is 2.30 bits per heavy atom. The molecular weight excluding hydrogens is 258 g/mol. The third-order valence-corrected chi connectivity index (χ3v) is 2.74. The van der Waals surface area contributed by atoms with Gasteiger partial charge in [0.05, 0.1) is 12.5 Å². The lowest BCUT2D eigenvalue weighted by molar-refractivity contribution is -0.137. The summed E-state index contributed by atoms with van der Waals surface area (Å²) < 4.78 is 5.49. The molecule has 0 radical (unpaired) electrons. The predicted molar refractivity (Wildman–Crippen MR) is 76.0 cm³/mol. The molecule has 0 saturated carbocycles. The van der Waals surface area contributed by atoms with Gasteiger partial charge in [-0.2, -0.15) is 0 Å². The molecule has 5 nitrogen and oxygen atoms in total. The fourth-order valence-electron chi connectivity index (χ4n) is 1.73. The second-order valence-corrected chi connectivity index (χ2v) is 4.87. The fourth-order valence-corrected chi connectivity index (χ4v) is 1.73. The number of carbonyl (C=O) groups excluding carboxylic acids is 1. The van der Waals surface area contributed by atoms with Gasteiger partial charge in [0.2, 0.25) is 0 Å². The molecular formula is C15H21NO4. The molecule has 1 aromatic rings. The van der Waals surface area contributed by atoms with Crippen LogP contribution in [0.3, 0.4) is 0 Å². The molecule has 1 rings (SSSR count). The summed E-state index contributed by atoms with van der Waals surface area (Å²) in [5.74, 6) is -0.485. The van der Waals surface area contributed by atoms with Gasteiger partial charge in [-0.15, -0.1) is 0 Å². The molecule has 1 aromatic carbocycles. The first kappa shape index (κ1) is 16.0. The van der Waals surface area contributed by atoms with Crippen molar-refractivity contribution in [2.24, 2.45) is 0 Å². The maximum absolute atomic E-state index is 12.0. The Bertz CT molecular complexity index is 453. The summed E-state index contributed by atoms with van der Waals surface area (Å²) in [5.41, 5.74) is 0.491. The zero-order valence-electron chi connectivity index (χ0n) is 12.1. The average molecular weight is 279 g/mol. The monoisotopic (exact) mass is 279 g/mol. The van der Waals surface area contributed by atoms with Crippen LogP contribution in [0.4, 0.5) is 0 Å². The molecule has 0 aromatic heterocycles. The Morgan fingerprint density at radius 2 is 1.85 bits per heavy atom. The Morgan fingerprint density at radius 1 is 1.25 bits per heavy atom. The molecule has 5 heteroatoms. The number of hydrogen-bond acceptors (Lipinski definition) is 3. The summed E-state index contributed by atoms with van der Waals surface area (Å²) in [4.78, 5) is 22.7. The van der Waals surface area contributed by atoms with E-state index in [1.54, 1.807) is 24.3 Å². The minimum atomic E-state index is -0.919. The number of amides is 1. The number of benzene rings is 1. The van der Waals surface area contributed by atoms with E-state index in [1.807, 2.05) is 20.8 Å². The maximum atomic E-state index is 12.0. The quantitative estimate of drug-likeness (QED) is 0.804. The number of carboxylic acids is 1. The lowest BCUT2D eigenvalue weighted by Crippen LogP contribution is -2.35. The van der Waals surface area contributed by atoms with E-state index >= 15 is 0 Å². The summed E-state index contributed by atoms with van der Waals surface area (Å²) in [6.45, 7) is 5.70. The van der Waals surface area contributed by atoms with Crippen LogP contribution in [0.5, 0.6) is 5.75 Å². The Balaban J connectivity index is 2.65. The van der Waals surface area contributed by atoms with Crippen LogP contribution in [0.25, 0.3) is 0 Å². The van der Waals surface area contributed by atoms with Crippen molar-refractivity contribution in [3.05, 3.63) is 29.8 Å². The molecule has 1 atom stereocenters. The molecule has 1 unspecified atom stereocenters. The zero-order chi connectivity index (χ0) is 15.1. The fraction of sp³-hybridized carbons (Fsp3) is 0.467. The first-order chi connectivity index (χ1) is 9.42. The summed E-state index contributed by atoms with van der Waals surface area (Å²) in [5, 5.41) is 11.5. The predicted octanol–water partition coefficient (Wildman–Crippen LogP) is 2.46. The van der Waals surface area contributed by atoms with Crippen LogP contribution in [-0.4, -0.2) is 29.1 Å². The first-order valence-corrected chi connectivity index (χ1v) is 6.71. The molecule has 0 bridgehead atoms. The molecule has 0 fully saturated rings. The van der Waals surface area contributed by atoms with Crippen LogP contribution in [0, 0.1) is 0 Å². The zero-order valence-corrected chi connectivity index (χ0v) is 12.1. The van der Waals surface area contributed by atoms with Gasteiger partial charge < -0.3 is 15.2 Å². The number of aliphatic carboxylic acids is 1. The topological polar surface area (TPSA) is 75.6 Å². The van der Waals surface area contributed by atoms with Gasteiger partial charge in [-0.25, -0.2) is 0 Å². The van der Waals surface area contributed by atoms with Crippen molar-refractivity contribution in [3.8, 4) is 5.75 Å². The van der Waals surface area contributed by atoms with Crippen LogP contribution in [-0.2, 0) is 4.79 Å². The minimum Gasteiger partial charge on any atom is -0.491 e. The van der Waals surface area contributed by atoms with E-state index < -0.39 is 5.97 Å². The van der Waals surface area contributed by atoms with Gasteiger partial charge in [0, 0.05) is 11.6 Å². The van der Waals surface area contributed by atoms with Gasteiger partial charge in [0.1, 0.15) is 5.75 Å². The summed E-state index contributed by atoms with van der Waals surface area (Å²) in [6.07, 6.45) is 0.582. The Labute approximate surface area is 118 Å². The van der Waals surface area contributed by atoms with Crippen LogP contribution < -0.4 is 10.1 Å². The summed E-state index contributed by atoms with van der Waals surface area (Å²) >= 11 is 0. The number of nitrogens with one attached hydrogen (secondary N) is 1. The standard InChI is InChI=1S/C15H21NO4/c1-4-12(9-14(17)18)16-15(19)11-5-7-13(8-6-11)20-10(2)3/h5-8,10,12H,4,9H2,1-3H3,(H,16,19)(H,17,18). The van der Waals surface area contributed by atoms with Crippen molar-refractivity contribution in [1.82, 2.24) is 5.32 Å². The summed E-state index contributed by atoms with van der Waals surface area (Å²) in [7, 11) is 0. The second kappa shape index (κ2) is 7.53. The van der Waals surface area contributed by atoms with Crippen molar-refractivity contribution < 1.29 is 19.4 Å². The van der Waals surface area contributed by atoms with Crippen molar-refractivity contribution in [2.45, 2.75) is 45.8 Å². The third kappa shape index (κ3) is 5.30.